The van der Waals surface area contributed by atoms with E-state index in [-0.39, 0.29) is 0 Å². The second kappa shape index (κ2) is 5.69. The summed E-state index contributed by atoms with van der Waals surface area (Å²) in [6.45, 7) is 5.39. The maximum atomic E-state index is 8.55. The van der Waals surface area contributed by atoms with Crippen LogP contribution in [0.3, 0.4) is 0 Å². The number of hydrogen-bond donors (Lipinski definition) is 2. The van der Waals surface area contributed by atoms with Crippen LogP contribution in [0.5, 0.6) is 0 Å². The van der Waals surface area contributed by atoms with Gasteiger partial charge in [0.25, 0.3) is 0 Å². The smallest absolute Gasteiger partial charge is 0.0431 e. The third kappa shape index (κ3) is 3.85. The van der Waals surface area contributed by atoms with Gasteiger partial charge < -0.3 is 10.8 Å². The fraction of sp³-hybridized carbons (Fsp3) is 1.00. The van der Waals surface area contributed by atoms with Crippen molar-refractivity contribution in [2.75, 3.05) is 13.2 Å². The average molecular weight is 145 g/mol. The number of rotatable bonds is 5. The molecule has 2 heteroatoms. The molecule has 62 valence electrons. The summed E-state index contributed by atoms with van der Waals surface area (Å²) >= 11 is 0. The van der Waals surface area contributed by atoms with Crippen LogP contribution < -0.4 is 5.73 Å². The molecule has 0 heterocycles. The van der Waals surface area contributed by atoms with Crippen LogP contribution in [0.15, 0.2) is 0 Å². The Morgan fingerprint density at radius 2 is 2.00 bits per heavy atom. The minimum absolute atomic E-state index is 0.295. The molecule has 0 aromatic heterocycles. The molecule has 0 rings (SSSR count). The molecular formula is C8H19NO. The first kappa shape index (κ1) is 9.92. The monoisotopic (exact) mass is 145 g/mol. The van der Waals surface area contributed by atoms with Gasteiger partial charge in [0.05, 0.1) is 0 Å². The molecule has 0 aliphatic carbocycles. The minimum atomic E-state index is 0.295. The van der Waals surface area contributed by atoms with Crippen molar-refractivity contribution < 1.29 is 5.11 Å². The Hall–Kier alpha value is -0.0800. The summed E-state index contributed by atoms with van der Waals surface area (Å²) in [6.07, 6.45) is 1.95. The highest BCUT2D eigenvalue weighted by Crippen LogP contribution is 2.14. The van der Waals surface area contributed by atoms with Gasteiger partial charge in [0.15, 0.2) is 0 Å². The van der Waals surface area contributed by atoms with Gasteiger partial charge in [-0.1, -0.05) is 13.8 Å². The molecule has 0 saturated carbocycles. The van der Waals surface area contributed by atoms with E-state index < -0.39 is 0 Å². The molecule has 0 aromatic rings. The van der Waals surface area contributed by atoms with Crippen molar-refractivity contribution in [1.29, 1.82) is 0 Å². The van der Waals surface area contributed by atoms with Crippen molar-refractivity contribution in [3.8, 4) is 0 Å². The molecule has 2 nitrogen and oxygen atoms in total. The molecule has 0 aliphatic heterocycles. The molecule has 0 aliphatic rings. The maximum Gasteiger partial charge on any atom is 0.0431 e. The lowest BCUT2D eigenvalue weighted by molar-refractivity contribution is 0.257. The quantitative estimate of drug-likeness (QED) is 0.606. The predicted molar refractivity (Wildman–Crippen MR) is 43.7 cm³/mol. The van der Waals surface area contributed by atoms with Crippen LogP contribution >= 0.6 is 0 Å². The Morgan fingerprint density at radius 3 is 2.30 bits per heavy atom. The second-order valence-electron chi connectivity index (χ2n) is 3.11. The van der Waals surface area contributed by atoms with Crippen LogP contribution in [-0.2, 0) is 0 Å². The van der Waals surface area contributed by atoms with E-state index >= 15 is 0 Å². The summed E-state index contributed by atoms with van der Waals surface area (Å²) in [5.41, 5.74) is 5.53. The Kier molecular flexibility index (Phi) is 5.64. The lowest BCUT2D eigenvalue weighted by atomic mass is 9.91. The zero-order valence-corrected chi connectivity index (χ0v) is 7.01. The van der Waals surface area contributed by atoms with Crippen molar-refractivity contribution in [2.45, 2.75) is 26.7 Å². The van der Waals surface area contributed by atoms with E-state index in [2.05, 4.69) is 13.8 Å². The summed E-state index contributed by atoms with van der Waals surface area (Å²) in [7, 11) is 0. The molecule has 0 spiro atoms. The van der Waals surface area contributed by atoms with Gasteiger partial charge in [0.2, 0.25) is 0 Å². The highest BCUT2D eigenvalue weighted by atomic mass is 16.2. The predicted octanol–water partition coefficient (Wildman–Crippen LogP) is 0.990. The normalized spacial score (nSPS) is 14.1. The van der Waals surface area contributed by atoms with Crippen LogP contribution in [0.25, 0.3) is 0 Å². The fourth-order valence-corrected chi connectivity index (χ4v) is 1.08. The first-order valence-corrected chi connectivity index (χ1v) is 4.03. The molecule has 0 amide bonds. The van der Waals surface area contributed by atoms with Gasteiger partial charge >= 0.3 is 0 Å². The third-order valence-electron chi connectivity index (χ3n) is 1.98. The van der Waals surface area contributed by atoms with E-state index in [1.165, 1.54) is 0 Å². The number of aliphatic hydroxyl groups is 1. The maximum absolute atomic E-state index is 8.55. The van der Waals surface area contributed by atoms with E-state index in [4.69, 9.17) is 10.8 Å². The Labute approximate surface area is 63.4 Å². The van der Waals surface area contributed by atoms with E-state index in [1.54, 1.807) is 0 Å². The second-order valence-corrected chi connectivity index (χ2v) is 3.11. The highest BCUT2D eigenvalue weighted by molar-refractivity contribution is 4.63. The standard InChI is InChI=1S/C8H19NO/c1-7(2)8(6-9)4-3-5-10/h7-8,10H,3-6,9H2,1-2H3. The lowest BCUT2D eigenvalue weighted by Gasteiger charge is -2.17. The van der Waals surface area contributed by atoms with Gasteiger partial charge in [-0.25, -0.2) is 0 Å². The molecule has 3 N–H and O–H groups in total. The molecule has 0 aromatic carbocycles. The van der Waals surface area contributed by atoms with E-state index in [9.17, 15) is 0 Å². The summed E-state index contributed by atoms with van der Waals surface area (Å²) in [4.78, 5) is 0. The summed E-state index contributed by atoms with van der Waals surface area (Å²) in [6, 6.07) is 0. The first-order chi connectivity index (χ1) is 4.72. The van der Waals surface area contributed by atoms with Gasteiger partial charge in [-0.15, -0.1) is 0 Å². The summed E-state index contributed by atoms with van der Waals surface area (Å²) in [5.74, 6) is 1.24. The van der Waals surface area contributed by atoms with Crippen LogP contribution in [0, 0.1) is 11.8 Å². The molecule has 10 heavy (non-hydrogen) atoms. The van der Waals surface area contributed by atoms with Gasteiger partial charge in [0.1, 0.15) is 0 Å². The van der Waals surface area contributed by atoms with E-state index in [0.717, 1.165) is 19.4 Å². The van der Waals surface area contributed by atoms with Crippen molar-refractivity contribution in [1.82, 2.24) is 0 Å². The molecule has 1 atom stereocenters. The third-order valence-corrected chi connectivity index (χ3v) is 1.98. The molecule has 1 unspecified atom stereocenters. The Balaban J connectivity index is 3.40. The number of nitrogens with two attached hydrogens (primary N) is 1. The first-order valence-electron chi connectivity index (χ1n) is 4.03. The van der Waals surface area contributed by atoms with E-state index in [1.807, 2.05) is 0 Å². The van der Waals surface area contributed by atoms with Gasteiger partial charge in [0, 0.05) is 6.61 Å². The SMILES string of the molecule is CC(C)C(CN)CCCO. The highest BCUT2D eigenvalue weighted by Gasteiger charge is 2.09. The van der Waals surface area contributed by atoms with Crippen LogP contribution in [0.1, 0.15) is 26.7 Å². The lowest BCUT2D eigenvalue weighted by Crippen LogP contribution is -2.19. The Morgan fingerprint density at radius 1 is 1.40 bits per heavy atom. The van der Waals surface area contributed by atoms with Crippen LogP contribution in [0.2, 0.25) is 0 Å². The van der Waals surface area contributed by atoms with Crippen molar-refractivity contribution in [3.63, 3.8) is 0 Å². The van der Waals surface area contributed by atoms with Gasteiger partial charge in [-0.2, -0.15) is 0 Å². The summed E-state index contributed by atoms with van der Waals surface area (Å²) in [5, 5.41) is 8.55. The number of hydrogen-bond acceptors (Lipinski definition) is 2. The topological polar surface area (TPSA) is 46.2 Å². The number of aliphatic hydroxyl groups excluding tert-OH is 1. The molecular weight excluding hydrogens is 126 g/mol. The van der Waals surface area contributed by atoms with Crippen LogP contribution in [0.4, 0.5) is 0 Å². The minimum Gasteiger partial charge on any atom is -0.396 e. The Bertz CT molecular complexity index is 73.7. The largest absolute Gasteiger partial charge is 0.396 e. The van der Waals surface area contributed by atoms with Gasteiger partial charge in [-0.3, -0.25) is 0 Å². The zero-order chi connectivity index (χ0) is 7.98. The molecule has 0 bridgehead atoms. The molecule has 0 fully saturated rings. The van der Waals surface area contributed by atoms with Crippen molar-refractivity contribution in [3.05, 3.63) is 0 Å². The fourth-order valence-electron chi connectivity index (χ4n) is 1.08. The summed E-state index contributed by atoms with van der Waals surface area (Å²) < 4.78 is 0. The van der Waals surface area contributed by atoms with Crippen LogP contribution in [-0.4, -0.2) is 18.3 Å². The van der Waals surface area contributed by atoms with Crippen molar-refractivity contribution in [2.24, 2.45) is 17.6 Å². The molecule has 0 radical (unpaired) electrons. The molecule has 0 saturated heterocycles. The van der Waals surface area contributed by atoms with E-state index in [0.29, 0.717) is 18.4 Å². The van der Waals surface area contributed by atoms with Crippen molar-refractivity contribution >= 4 is 0 Å². The van der Waals surface area contributed by atoms with Gasteiger partial charge in [-0.05, 0) is 31.2 Å². The zero-order valence-electron chi connectivity index (χ0n) is 7.01. The average Bonchev–Trinajstić information content (AvgIpc) is 1.89.